The highest BCUT2D eigenvalue weighted by Crippen LogP contribution is 2.32. The number of nitrogens with two attached hydrogens (primary N) is 1. The first-order valence-corrected chi connectivity index (χ1v) is 11.8. The van der Waals surface area contributed by atoms with Crippen molar-refractivity contribution in [2.45, 2.75) is 46.4 Å². The molecule has 0 bridgehead atoms. The van der Waals surface area contributed by atoms with Crippen molar-refractivity contribution in [3.05, 3.63) is 30.9 Å². The number of rotatable bonds is 10. The summed E-state index contributed by atoms with van der Waals surface area (Å²) in [7, 11) is 0. The Morgan fingerprint density at radius 3 is 2.41 bits per heavy atom. The summed E-state index contributed by atoms with van der Waals surface area (Å²) < 4.78 is 44.2. The lowest BCUT2D eigenvalue weighted by Crippen LogP contribution is -2.46. The SMILES string of the molecule is C=C(CCN1CCN(CCC)CC1)n1cc(-c2cnc(N)c(OC(F)(F)F)c2)nc1CC(C)C. The molecule has 0 atom stereocenters. The average molecular weight is 481 g/mol. The number of imidazole rings is 1. The van der Waals surface area contributed by atoms with Crippen LogP contribution in [-0.2, 0) is 6.42 Å². The van der Waals surface area contributed by atoms with Crippen molar-refractivity contribution in [2.24, 2.45) is 5.92 Å². The van der Waals surface area contributed by atoms with Gasteiger partial charge in [-0.25, -0.2) is 9.97 Å². The Labute approximate surface area is 199 Å². The van der Waals surface area contributed by atoms with Crippen LogP contribution in [0.15, 0.2) is 25.0 Å². The second-order valence-corrected chi connectivity index (χ2v) is 9.17. The zero-order chi connectivity index (χ0) is 24.9. The molecule has 2 N–H and O–H groups in total. The van der Waals surface area contributed by atoms with Crippen molar-refractivity contribution in [3.8, 4) is 17.0 Å². The Balaban J connectivity index is 1.75. The van der Waals surface area contributed by atoms with Gasteiger partial charge in [0.1, 0.15) is 5.82 Å². The maximum Gasteiger partial charge on any atom is 0.573 e. The standard InChI is InChI=1S/C24H35F3N6O/c1-5-7-31-9-11-32(12-10-31)8-6-18(4)33-16-20(30-22(33)13-17(2)3)19-14-21(23(28)29-15-19)34-24(25,26)27/h14-17H,4-13H2,1-3H3,(H2,28,29). The van der Waals surface area contributed by atoms with E-state index in [4.69, 9.17) is 10.7 Å². The van der Waals surface area contributed by atoms with E-state index < -0.39 is 12.1 Å². The van der Waals surface area contributed by atoms with Gasteiger partial charge in [0.2, 0.25) is 0 Å². The Morgan fingerprint density at radius 1 is 1.18 bits per heavy atom. The van der Waals surface area contributed by atoms with Crippen molar-refractivity contribution >= 4 is 11.5 Å². The molecule has 2 aromatic rings. The molecule has 1 aliphatic heterocycles. The molecule has 0 unspecified atom stereocenters. The number of piperazine rings is 1. The Kier molecular flexibility index (Phi) is 8.59. The van der Waals surface area contributed by atoms with Crippen LogP contribution in [0.25, 0.3) is 17.0 Å². The minimum atomic E-state index is -4.85. The summed E-state index contributed by atoms with van der Waals surface area (Å²) in [5.41, 5.74) is 7.38. The number of aromatic nitrogens is 3. The maximum absolute atomic E-state index is 12.7. The number of ether oxygens (including phenoxy) is 1. The number of nitrogens with zero attached hydrogens (tertiary/aromatic N) is 5. The largest absolute Gasteiger partial charge is 0.573 e. The Morgan fingerprint density at radius 2 is 1.82 bits per heavy atom. The topological polar surface area (TPSA) is 72.4 Å². The molecule has 1 fully saturated rings. The molecule has 0 aliphatic carbocycles. The minimum Gasteiger partial charge on any atom is -0.402 e. The lowest BCUT2D eigenvalue weighted by Gasteiger charge is -2.34. The number of nitrogen functional groups attached to an aromatic ring is 1. The molecule has 0 amide bonds. The molecule has 0 spiro atoms. The monoisotopic (exact) mass is 480 g/mol. The molecule has 2 aromatic heterocycles. The molecule has 0 saturated carbocycles. The van der Waals surface area contributed by atoms with E-state index in [-0.39, 0.29) is 5.82 Å². The third kappa shape index (κ3) is 7.20. The van der Waals surface area contributed by atoms with Crippen LogP contribution in [0.4, 0.5) is 19.0 Å². The Hall–Kier alpha value is -2.59. The van der Waals surface area contributed by atoms with E-state index in [0.717, 1.165) is 57.2 Å². The molecule has 10 heteroatoms. The molecular weight excluding hydrogens is 445 g/mol. The van der Waals surface area contributed by atoms with E-state index in [1.807, 2.05) is 10.8 Å². The number of hydrogen-bond donors (Lipinski definition) is 1. The van der Waals surface area contributed by atoms with E-state index in [0.29, 0.717) is 23.6 Å². The fourth-order valence-corrected chi connectivity index (χ4v) is 4.10. The van der Waals surface area contributed by atoms with Gasteiger partial charge in [-0.15, -0.1) is 13.2 Å². The average Bonchev–Trinajstić information content (AvgIpc) is 3.17. The molecule has 3 rings (SSSR count). The van der Waals surface area contributed by atoms with E-state index in [2.05, 4.69) is 46.9 Å². The minimum absolute atomic E-state index is 0.327. The molecular formula is C24H35F3N6O. The van der Waals surface area contributed by atoms with Gasteiger partial charge in [-0.2, -0.15) is 0 Å². The summed E-state index contributed by atoms with van der Waals surface area (Å²) in [6, 6.07) is 1.22. The second-order valence-electron chi connectivity index (χ2n) is 9.17. The van der Waals surface area contributed by atoms with Crippen LogP contribution in [0.1, 0.15) is 39.4 Å². The molecule has 188 valence electrons. The van der Waals surface area contributed by atoms with E-state index in [9.17, 15) is 13.2 Å². The van der Waals surface area contributed by atoms with Crippen LogP contribution < -0.4 is 10.5 Å². The summed E-state index contributed by atoms with van der Waals surface area (Å²) in [5.74, 6) is 0.303. The number of hydrogen-bond acceptors (Lipinski definition) is 6. The fraction of sp³-hybridized carbons (Fsp3) is 0.583. The molecule has 3 heterocycles. The van der Waals surface area contributed by atoms with E-state index >= 15 is 0 Å². The van der Waals surface area contributed by atoms with Gasteiger partial charge >= 0.3 is 6.36 Å². The normalized spacial score (nSPS) is 15.7. The quantitative estimate of drug-likeness (QED) is 0.539. The summed E-state index contributed by atoms with van der Waals surface area (Å²) in [4.78, 5) is 13.5. The molecule has 0 aromatic carbocycles. The van der Waals surface area contributed by atoms with Gasteiger partial charge < -0.3 is 24.8 Å². The smallest absolute Gasteiger partial charge is 0.402 e. The first kappa shape index (κ1) is 26.0. The van der Waals surface area contributed by atoms with Crippen molar-refractivity contribution in [1.82, 2.24) is 24.3 Å². The third-order valence-corrected chi connectivity index (χ3v) is 5.84. The molecule has 1 saturated heterocycles. The van der Waals surface area contributed by atoms with Gasteiger partial charge in [0.15, 0.2) is 11.6 Å². The zero-order valence-corrected chi connectivity index (χ0v) is 20.2. The second kappa shape index (κ2) is 11.2. The highest BCUT2D eigenvalue weighted by Gasteiger charge is 2.32. The van der Waals surface area contributed by atoms with Crippen LogP contribution >= 0.6 is 0 Å². The van der Waals surface area contributed by atoms with Gasteiger partial charge in [-0.1, -0.05) is 27.4 Å². The van der Waals surface area contributed by atoms with Crippen LogP contribution in [-0.4, -0.2) is 70.0 Å². The lowest BCUT2D eigenvalue weighted by atomic mass is 10.1. The van der Waals surface area contributed by atoms with Crippen molar-refractivity contribution in [3.63, 3.8) is 0 Å². The van der Waals surface area contributed by atoms with Crippen molar-refractivity contribution < 1.29 is 17.9 Å². The van der Waals surface area contributed by atoms with Gasteiger partial charge in [-0.3, -0.25) is 0 Å². The lowest BCUT2D eigenvalue weighted by molar-refractivity contribution is -0.274. The van der Waals surface area contributed by atoms with Crippen LogP contribution in [0.2, 0.25) is 0 Å². The molecule has 7 nitrogen and oxygen atoms in total. The Bertz CT molecular complexity index is 964. The zero-order valence-electron chi connectivity index (χ0n) is 20.2. The first-order chi connectivity index (χ1) is 16.1. The van der Waals surface area contributed by atoms with Crippen LogP contribution in [0.3, 0.4) is 0 Å². The predicted octanol–water partition coefficient (Wildman–Crippen LogP) is 4.51. The van der Waals surface area contributed by atoms with E-state index in [1.54, 1.807) is 0 Å². The van der Waals surface area contributed by atoms with Gasteiger partial charge in [-0.05, 0) is 24.9 Å². The van der Waals surface area contributed by atoms with Gasteiger partial charge in [0.05, 0.1) is 5.69 Å². The highest BCUT2D eigenvalue weighted by molar-refractivity contribution is 5.65. The first-order valence-electron chi connectivity index (χ1n) is 11.8. The molecule has 34 heavy (non-hydrogen) atoms. The molecule has 0 radical (unpaired) electrons. The predicted molar refractivity (Wildman–Crippen MR) is 128 cm³/mol. The van der Waals surface area contributed by atoms with E-state index in [1.165, 1.54) is 18.7 Å². The molecule has 1 aliphatic rings. The summed E-state index contributed by atoms with van der Waals surface area (Å²) >= 11 is 0. The van der Waals surface area contributed by atoms with Crippen molar-refractivity contribution in [1.29, 1.82) is 0 Å². The third-order valence-electron chi connectivity index (χ3n) is 5.84. The van der Waals surface area contributed by atoms with Gasteiger partial charge in [0.25, 0.3) is 0 Å². The number of anilines is 1. The van der Waals surface area contributed by atoms with Gasteiger partial charge in [0, 0.05) is 69.2 Å². The maximum atomic E-state index is 12.7. The number of alkyl halides is 3. The van der Waals surface area contributed by atoms with Crippen molar-refractivity contribution in [2.75, 3.05) is 45.0 Å². The fourth-order valence-electron chi connectivity index (χ4n) is 4.10. The number of halogens is 3. The summed E-state index contributed by atoms with van der Waals surface area (Å²) in [6.07, 6.45) is 1.02. The van der Waals surface area contributed by atoms with Crippen LogP contribution in [0.5, 0.6) is 5.75 Å². The summed E-state index contributed by atoms with van der Waals surface area (Å²) in [5, 5.41) is 0. The number of pyridine rings is 1. The highest BCUT2D eigenvalue weighted by atomic mass is 19.4. The van der Waals surface area contributed by atoms with Crippen LogP contribution in [0, 0.1) is 5.92 Å². The summed E-state index contributed by atoms with van der Waals surface area (Å²) in [6.45, 7) is 17.0.